The number of aliphatic hydroxyl groups is 1. The number of rotatable bonds is 3. The lowest BCUT2D eigenvalue weighted by Crippen LogP contribution is -2.22. The summed E-state index contributed by atoms with van der Waals surface area (Å²) in [6.45, 7) is 4.52. The van der Waals surface area contributed by atoms with Crippen molar-refractivity contribution in [2.75, 3.05) is 6.61 Å². The lowest BCUT2D eigenvalue weighted by atomic mass is 9.76. The van der Waals surface area contributed by atoms with Crippen LogP contribution in [0.3, 0.4) is 0 Å². The predicted molar refractivity (Wildman–Crippen MR) is 83.1 cm³/mol. The molecule has 0 amide bonds. The Balaban J connectivity index is 2.04. The third-order valence-electron chi connectivity index (χ3n) is 5.36. The molecule has 126 valence electrons. The van der Waals surface area contributed by atoms with Crippen LogP contribution in [-0.4, -0.2) is 29.9 Å². The van der Waals surface area contributed by atoms with Gasteiger partial charge >= 0.3 is 11.9 Å². The van der Waals surface area contributed by atoms with E-state index in [-0.39, 0.29) is 23.8 Å². The molecule has 1 N–H and O–H groups in total. The average Bonchev–Trinajstić information content (AvgIpc) is 3.01. The van der Waals surface area contributed by atoms with E-state index in [0.717, 1.165) is 30.4 Å². The molecule has 5 nitrogen and oxygen atoms in total. The van der Waals surface area contributed by atoms with E-state index in [4.69, 9.17) is 9.47 Å². The maximum Gasteiger partial charge on any atom is 0.337 e. The summed E-state index contributed by atoms with van der Waals surface area (Å²) in [4.78, 5) is 24.4. The van der Waals surface area contributed by atoms with Gasteiger partial charge in [-0.1, -0.05) is 26.7 Å². The summed E-state index contributed by atoms with van der Waals surface area (Å²) in [5.41, 5.74) is 3.19. The Bertz CT molecular complexity index is 586. The molecule has 0 saturated heterocycles. The lowest BCUT2D eigenvalue weighted by molar-refractivity contribution is -0.152. The van der Waals surface area contributed by atoms with Crippen molar-refractivity contribution in [2.24, 2.45) is 11.8 Å². The number of carbonyl (C=O) groups excluding carboxylic acids is 2. The molecule has 2 aliphatic heterocycles. The lowest BCUT2D eigenvalue weighted by Gasteiger charge is -2.26. The van der Waals surface area contributed by atoms with E-state index in [0.29, 0.717) is 37.0 Å². The smallest absolute Gasteiger partial charge is 0.337 e. The van der Waals surface area contributed by atoms with Crippen molar-refractivity contribution in [3.8, 4) is 0 Å². The Labute approximate surface area is 136 Å². The van der Waals surface area contributed by atoms with Gasteiger partial charge in [-0.05, 0) is 43.1 Å². The van der Waals surface area contributed by atoms with Crippen molar-refractivity contribution in [3.05, 3.63) is 22.3 Å². The highest BCUT2D eigenvalue weighted by Gasteiger charge is 2.41. The van der Waals surface area contributed by atoms with E-state index in [1.54, 1.807) is 0 Å². The summed E-state index contributed by atoms with van der Waals surface area (Å²) in [6.07, 6.45) is 3.38. The molecule has 2 heterocycles. The zero-order valence-electron chi connectivity index (χ0n) is 13.8. The Kier molecular flexibility index (Phi) is 4.57. The Morgan fingerprint density at radius 3 is 2.65 bits per heavy atom. The predicted octanol–water partition coefficient (Wildman–Crippen LogP) is 2.64. The van der Waals surface area contributed by atoms with Crippen molar-refractivity contribution in [1.29, 1.82) is 0 Å². The van der Waals surface area contributed by atoms with Gasteiger partial charge in [0.25, 0.3) is 0 Å². The minimum atomic E-state index is -1.13. The molecule has 0 radical (unpaired) electrons. The van der Waals surface area contributed by atoms with Crippen molar-refractivity contribution in [2.45, 2.75) is 58.7 Å². The van der Waals surface area contributed by atoms with E-state index in [1.165, 1.54) is 0 Å². The first-order valence-electron chi connectivity index (χ1n) is 8.56. The molecule has 23 heavy (non-hydrogen) atoms. The van der Waals surface area contributed by atoms with Gasteiger partial charge in [0.2, 0.25) is 6.29 Å². The van der Waals surface area contributed by atoms with Gasteiger partial charge in [0.1, 0.15) is 6.61 Å². The molecule has 0 aromatic rings. The summed E-state index contributed by atoms with van der Waals surface area (Å²) >= 11 is 0. The number of ether oxygens (including phenoxy) is 2. The van der Waals surface area contributed by atoms with E-state index in [1.807, 2.05) is 0 Å². The number of hydrogen-bond donors (Lipinski definition) is 1. The topological polar surface area (TPSA) is 72.8 Å². The van der Waals surface area contributed by atoms with E-state index in [2.05, 4.69) is 13.8 Å². The van der Waals surface area contributed by atoms with E-state index >= 15 is 0 Å². The largest absolute Gasteiger partial charge is 0.458 e. The van der Waals surface area contributed by atoms with Gasteiger partial charge in [-0.25, -0.2) is 9.59 Å². The molecular formula is C18H24O5. The van der Waals surface area contributed by atoms with Crippen LogP contribution in [0.4, 0.5) is 0 Å². The summed E-state index contributed by atoms with van der Waals surface area (Å²) in [7, 11) is 0. The fourth-order valence-corrected chi connectivity index (χ4v) is 4.12. The van der Waals surface area contributed by atoms with Crippen LogP contribution in [0, 0.1) is 11.8 Å². The third-order valence-corrected chi connectivity index (χ3v) is 5.36. The molecule has 0 unspecified atom stereocenters. The summed E-state index contributed by atoms with van der Waals surface area (Å²) in [5.74, 6) is -0.371. The second kappa shape index (κ2) is 6.48. The summed E-state index contributed by atoms with van der Waals surface area (Å²) in [6, 6.07) is 0. The SMILES string of the molecule is CCC[C@H]1C2=C(CCC3=C(C[C@H]1CC)C(=O)OC3)[C@@H](O)OC2=O. The molecule has 0 aromatic heterocycles. The molecule has 1 aliphatic carbocycles. The van der Waals surface area contributed by atoms with Gasteiger partial charge in [0, 0.05) is 16.7 Å². The number of esters is 2. The van der Waals surface area contributed by atoms with Gasteiger partial charge in [0.05, 0.1) is 0 Å². The van der Waals surface area contributed by atoms with Crippen molar-refractivity contribution < 1.29 is 24.2 Å². The van der Waals surface area contributed by atoms with Crippen LogP contribution in [0.25, 0.3) is 0 Å². The molecule has 3 atom stereocenters. The van der Waals surface area contributed by atoms with E-state index < -0.39 is 6.29 Å². The number of cyclic esters (lactones) is 2. The van der Waals surface area contributed by atoms with Crippen LogP contribution >= 0.6 is 0 Å². The van der Waals surface area contributed by atoms with Crippen molar-refractivity contribution in [3.63, 3.8) is 0 Å². The highest BCUT2D eigenvalue weighted by atomic mass is 16.6. The normalized spacial score (nSPS) is 31.2. The minimum absolute atomic E-state index is 0.0323. The van der Waals surface area contributed by atoms with Crippen LogP contribution < -0.4 is 0 Å². The van der Waals surface area contributed by atoms with Crippen molar-refractivity contribution >= 4 is 11.9 Å². The maximum absolute atomic E-state index is 12.3. The molecule has 5 heteroatoms. The molecule has 0 spiro atoms. The summed E-state index contributed by atoms with van der Waals surface area (Å²) in [5, 5.41) is 10.1. The number of aliphatic hydroxyl groups excluding tert-OH is 1. The zero-order valence-corrected chi connectivity index (χ0v) is 13.8. The zero-order chi connectivity index (χ0) is 16.6. The molecule has 3 aliphatic rings. The minimum Gasteiger partial charge on any atom is -0.458 e. The first-order chi connectivity index (χ1) is 11.1. The summed E-state index contributed by atoms with van der Waals surface area (Å²) < 4.78 is 10.3. The first kappa shape index (κ1) is 16.2. The van der Waals surface area contributed by atoms with Crippen molar-refractivity contribution in [1.82, 2.24) is 0 Å². The Morgan fingerprint density at radius 2 is 1.96 bits per heavy atom. The standard InChI is InChI=1S/C18H24O5/c1-3-5-12-10(4-2)8-14-11(9-22-16(14)19)6-7-13-15(12)18(21)23-17(13)20/h10,12,17,20H,3-9H2,1-2H3/t10-,12-,17+/m1/s1. The Morgan fingerprint density at radius 1 is 1.17 bits per heavy atom. The first-order valence-corrected chi connectivity index (χ1v) is 8.56. The van der Waals surface area contributed by atoms with Gasteiger partial charge < -0.3 is 14.6 Å². The molecular weight excluding hydrogens is 296 g/mol. The van der Waals surface area contributed by atoms with Gasteiger partial charge in [-0.3, -0.25) is 0 Å². The Hall–Kier alpha value is -1.62. The molecule has 0 fully saturated rings. The average molecular weight is 320 g/mol. The molecule has 0 bridgehead atoms. The fraction of sp³-hybridized carbons (Fsp3) is 0.667. The van der Waals surface area contributed by atoms with Gasteiger partial charge in [-0.2, -0.15) is 0 Å². The molecule has 0 saturated carbocycles. The number of hydrogen-bond acceptors (Lipinski definition) is 5. The molecule has 3 rings (SSSR count). The van der Waals surface area contributed by atoms with Gasteiger partial charge in [0.15, 0.2) is 0 Å². The van der Waals surface area contributed by atoms with Crippen LogP contribution in [0.5, 0.6) is 0 Å². The van der Waals surface area contributed by atoms with Crippen LogP contribution in [0.15, 0.2) is 22.3 Å². The monoisotopic (exact) mass is 320 g/mol. The number of carbonyl (C=O) groups is 2. The van der Waals surface area contributed by atoms with Crippen LogP contribution in [-0.2, 0) is 19.1 Å². The van der Waals surface area contributed by atoms with E-state index in [9.17, 15) is 14.7 Å². The second-order valence-electron chi connectivity index (χ2n) is 6.62. The highest BCUT2D eigenvalue weighted by Crippen LogP contribution is 2.43. The van der Waals surface area contributed by atoms with Gasteiger partial charge in [-0.15, -0.1) is 0 Å². The third kappa shape index (κ3) is 2.82. The highest BCUT2D eigenvalue weighted by molar-refractivity contribution is 5.94. The molecule has 0 aromatic carbocycles. The maximum atomic E-state index is 12.3. The van der Waals surface area contributed by atoms with Crippen LogP contribution in [0.2, 0.25) is 0 Å². The fourth-order valence-electron chi connectivity index (χ4n) is 4.12. The quantitative estimate of drug-likeness (QED) is 0.809. The second-order valence-corrected chi connectivity index (χ2v) is 6.62. The van der Waals surface area contributed by atoms with Crippen LogP contribution in [0.1, 0.15) is 52.4 Å².